The highest BCUT2D eigenvalue weighted by atomic mass is 35.5. The zero-order valence-corrected chi connectivity index (χ0v) is 11.7. The van der Waals surface area contributed by atoms with Crippen molar-refractivity contribution in [1.29, 1.82) is 0 Å². The van der Waals surface area contributed by atoms with Gasteiger partial charge in [0, 0.05) is 10.9 Å². The molecule has 1 nitrogen and oxygen atoms in total. The van der Waals surface area contributed by atoms with E-state index in [9.17, 15) is 0 Å². The Morgan fingerprint density at radius 2 is 1.68 bits per heavy atom. The fourth-order valence-electron chi connectivity index (χ4n) is 2.31. The monoisotopic (exact) mass is 267 g/mol. The summed E-state index contributed by atoms with van der Waals surface area (Å²) < 4.78 is 0. The Morgan fingerprint density at radius 1 is 0.895 bits per heavy atom. The van der Waals surface area contributed by atoms with Crippen molar-refractivity contribution in [1.82, 2.24) is 4.98 Å². The number of halogens is 1. The van der Waals surface area contributed by atoms with Crippen molar-refractivity contribution in [3.63, 3.8) is 0 Å². The third-order valence-electron chi connectivity index (χ3n) is 3.36. The molecule has 19 heavy (non-hydrogen) atoms. The molecule has 0 radical (unpaired) electrons. The molecule has 94 valence electrons. The molecule has 0 saturated carbocycles. The highest BCUT2D eigenvalue weighted by Crippen LogP contribution is 2.32. The summed E-state index contributed by atoms with van der Waals surface area (Å²) in [6.45, 7) is 4.19. The highest BCUT2D eigenvalue weighted by molar-refractivity contribution is 6.32. The van der Waals surface area contributed by atoms with Crippen molar-refractivity contribution >= 4 is 22.5 Å². The molecule has 0 bridgehead atoms. The lowest BCUT2D eigenvalue weighted by molar-refractivity contribution is 1.36. The van der Waals surface area contributed by atoms with Crippen LogP contribution in [0.25, 0.3) is 22.0 Å². The Labute approximate surface area is 117 Å². The molecule has 1 heterocycles. The largest absolute Gasteiger partial charge is 0.235 e. The number of para-hydroxylation sites is 1. The van der Waals surface area contributed by atoms with E-state index in [2.05, 4.69) is 49.2 Å². The van der Waals surface area contributed by atoms with Crippen molar-refractivity contribution in [2.45, 2.75) is 13.8 Å². The number of fused-ring (bicyclic) bond motifs is 1. The standard InChI is InChI=1S/C17H14ClN/c1-11-7-8-12(2)14(9-11)15-10-13-5-3-4-6-16(13)19-17(15)18/h3-10H,1-2H3. The zero-order chi connectivity index (χ0) is 13.4. The van der Waals surface area contributed by atoms with Gasteiger partial charge in [-0.25, -0.2) is 4.98 Å². The molecule has 3 aromatic rings. The van der Waals surface area contributed by atoms with E-state index in [1.54, 1.807) is 0 Å². The van der Waals surface area contributed by atoms with Gasteiger partial charge in [0.05, 0.1) is 5.52 Å². The van der Waals surface area contributed by atoms with Crippen LogP contribution in [0, 0.1) is 13.8 Å². The van der Waals surface area contributed by atoms with Gasteiger partial charge in [0.2, 0.25) is 0 Å². The Hall–Kier alpha value is -1.86. The number of rotatable bonds is 1. The minimum Gasteiger partial charge on any atom is -0.235 e. The molecule has 0 saturated heterocycles. The van der Waals surface area contributed by atoms with Crippen LogP contribution in [0.3, 0.4) is 0 Å². The van der Waals surface area contributed by atoms with Gasteiger partial charge in [-0.3, -0.25) is 0 Å². The van der Waals surface area contributed by atoms with E-state index < -0.39 is 0 Å². The molecule has 0 spiro atoms. The topological polar surface area (TPSA) is 12.9 Å². The van der Waals surface area contributed by atoms with Crippen molar-refractivity contribution in [2.75, 3.05) is 0 Å². The first-order chi connectivity index (χ1) is 9.15. The van der Waals surface area contributed by atoms with Crippen LogP contribution in [0.2, 0.25) is 5.15 Å². The van der Waals surface area contributed by atoms with Crippen LogP contribution in [0.5, 0.6) is 0 Å². The molecular weight excluding hydrogens is 254 g/mol. The first-order valence-corrected chi connectivity index (χ1v) is 6.66. The lowest BCUT2D eigenvalue weighted by Crippen LogP contribution is -1.89. The average Bonchev–Trinajstić information content (AvgIpc) is 2.41. The maximum absolute atomic E-state index is 6.35. The van der Waals surface area contributed by atoms with Crippen LogP contribution in [0.4, 0.5) is 0 Å². The number of aryl methyl sites for hydroxylation is 2. The van der Waals surface area contributed by atoms with Crippen LogP contribution in [-0.4, -0.2) is 4.98 Å². The second-order valence-electron chi connectivity index (χ2n) is 4.84. The van der Waals surface area contributed by atoms with Gasteiger partial charge in [0.15, 0.2) is 0 Å². The predicted molar refractivity (Wildman–Crippen MR) is 81.7 cm³/mol. The molecule has 1 aromatic heterocycles. The minimum atomic E-state index is 0.562. The summed E-state index contributed by atoms with van der Waals surface area (Å²) in [6.07, 6.45) is 0. The molecule has 0 aliphatic carbocycles. The van der Waals surface area contributed by atoms with E-state index in [-0.39, 0.29) is 0 Å². The number of hydrogen-bond acceptors (Lipinski definition) is 1. The predicted octanol–water partition coefficient (Wildman–Crippen LogP) is 5.17. The van der Waals surface area contributed by atoms with Gasteiger partial charge in [-0.2, -0.15) is 0 Å². The van der Waals surface area contributed by atoms with Crippen molar-refractivity contribution in [3.8, 4) is 11.1 Å². The van der Waals surface area contributed by atoms with Gasteiger partial charge in [-0.15, -0.1) is 0 Å². The van der Waals surface area contributed by atoms with Crippen LogP contribution < -0.4 is 0 Å². The summed E-state index contributed by atoms with van der Waals surface area (Å²) in [5.41, 5.74) is 5.53. The summed E-state index contributed by atoms with van der Waals surface area (Å²) in [7, 11) is 0. The third-order valence-corrected chi connectivity index (χ3v) is 3.65. The Kier molecular flexibility index (Phi) is 3.00. The molecule has 0 unspecified atom stereocenters. The Balaban J connectivity index is 2.30. The SMILES string of the molecule is Cc1ccc(C)c(-c2cc3ccccc3nc2Cl)c1. The Morgan fingerprint density at radius 3 is 2.53 bits per heavy atom. The van der Waals surface area contributed by atoms with Gasteiger partial charge in [0.1, 0.15) is 5.15 Å². The van der Waals surface area contributed by atoms with Crippen LogP contribution in [-0.2, 0) is 0 Å². The summed E-state index contributed by atoms with van der Waals surface area (Å²) >= 11 is 6.35. The lowest BCUT2D eigenvalue weighted by atomic mass is 9.98. The van der Waals surface area contributed by atoms with E-state index in [4.69, 9.17) is 11.6 Å². The van der Waals surface area contributed by atoms with E-state index in [1.165, 1.54) is 11.1 Å². The van der Waals surface area contributed by atoms with Gasteiger partial charge in [0.25, 0.3) is 0 Å². The van der Waals surface area contributed by atoms with Crippen molar-refractivity contribution < 1.29 is 0 Å². The van der Waals surface area contributed by atoms with Gasteiger partial charge >= 0.3 is 0 Å². The minimum absolute atomic E-state index is 0.562. The maximum Gasteiger partial charge on any atom is 0.137 e. The van der Waals surface area contributed by atoms with Gasteiger partial charge < -0.3 is 0 Å². The van der Waals surface area contributed by atoms with E-state index in [0.29, 0.717) is 5.15 Å². The van der Waals surface area contributed by atoms with Crippen LogP contribution >= 0.6 is 11.6 Å². The van der Waals surface area contributed by atoms with Gasteiger partial charge in [-0.05, 0) is 37.1 Å². The summed E-state index contributed by atoms with van der Waals surface area (Å²) in [4.78, 5) is 4.49. The fraction of sp³-hybridized carbons (Fsp3) is 0.118. The Bertz CT molecular complexity index is 762. The molecule has 0 amide bonds. The molecular formula is C17H14ClN. The number of aromatic nitrogens is 1. The van der Waals surface area contributed by atoms with Crippen molar-refractivity contribution in [3.05, 3.63) is 64.8 Å². The van der Waals surface area contributed by atoms with Crippen molar-refractivity contribution in [2.24, 2.45) is 0 Å². The van der Waals surface area contributed by atoms with E-state index in [1.807, 2.05) is 18.2 Å². The van der Waals surface area contributed by atoms with E-state index in [0.717, 1.165) is 22.0 Å². The zero-order valence-electron chi connectivity index (χ0n) is 10.9. The van der Waals surface area contributed by atoms with Gasteiger partial charge in [-0.1, -0.05) is 53.6 Å². The first kappa shape index (κ1) is 12.2. The third kappa shape index (κ3) is 2.22. The number of hydrogen-bond donors (Lipinski definition) is 0. The lowest BCUT2D eigenvalue weighted by Gasteiger charge is -2.10. The first-order valence-electron chi connectivity index (χ1n) is 6.28. The van der Waals surface area contributed by atoms with Crippen LogP contribution in [0.1, 0.15) is 11.1 Å². The second-order valence-corrected chi connectivity index (χ2v) is 5.20. The molecule has 0 atom stereocenters. The smallest absolute Gasteiger partial charge is 0.137 e. The molecule has 2 heteroatoms. The normalized spacial score (nSPS) is 10.9. The second kappa shape index (κ2) is 4.67. The number of pyridine rings is 1. The summed E-state index contributed by atoms with van der Waals surface area (Å²) in [6, 6.07) is 16.5. The van der Waals surface area contributed by atoms with Crippen LogP contribution in [0.15, 0.2) is 48.5 Å². The fourth-order valence-corrected chi connectivity index (χ4v) is 2.55. The molecule has 0 N–H and O–H groups in total. The highest BCUT2D eigenvalue weighted by Gasteiger charge is 2.09. The summed E-state index contributed by atoms with van der Waals surface area (Å²) in [5, 5.41) is 1.68. The maximum atomic E-state index is 6.35. The molecule has 2 aromatic carbocycles. The number of nitrogens with zero attached hydrogens (tertiary/aromatic N) is 1. The number of benzene rings is 2. The quantitative estimate of drug-likeness (QED) is 0.554. The molecule has 0 aliphatic rings. The summed E-state index contributed by atoms with van der Waals surface area (Å²) in [5.74, 6) is 0. The van der Waals surface area contributed by atoms with E-state index >= 15 is 0 Å². The molecule has 0 aliphatic heterocycles. The average molecular weight is 268 g/mol. The molecule has 3 rings (SSSR count). The molecule has 0 fully saturated rings.